The summed E-state index contributed by atoms with van der Waals surface area (Å²) in [4.78, 5) is 40.5. The van der Waals surface area contributed by atoms with Crippen molar-refractivity contribution in [2.24, 2.45) is 0 Å². The minimum atomic E-state index is -0.540. The molecule has 2 N–H and O–H groups in total. The van der Waals surface area contributed by atoms with Crippen molar-refractivity contribution >= 4 is 28.7 Å². The highest BCUT2D eigenvalue weighted by Gasteiger charge is 2.23. The fraction of sp³-hybridized carbons (Fsp3) is 0.273. The van der Waals surface area contributed by atoms with E-state index >= 15 is 0 Å². The highest BCUT2D eigenvalue weighted by molar-refractivity contribution is 6.00. The number of nitrogens with one attached hydrogen (secondary N) is 1. The van der Waals surface area contributed by atoms with Crippen molar-refractivity contribution in [1.29, 1.82) is 5.26 Å². The number of rotatable bonds is 4. The second-order valence-corrected chi connectivity index (χ2v) is 7.35. The molecule has 0 bridgehead atoms. The molecule has 0 aliphatic carbocycles. The van der Waals surface area contributed by atoms with Crippen LogP contribution in [0, 0.1) is 11.3 Å². The summed E-state index contributed by atoms with van der Waals surface area (Å²) < 4.78 is 4.75. The van der Waals surface area contributed by atoms with Gasteiger partial charge in [-0.15, -0.1) is 0 Å². The van der Waals surface area contributed by atoms with Crippen LogP contribution in [0.3, 0.4) is 0 Å². The molecule has 1 fully saturated rings. The molecule has 33 heavy (non-hydrogen) atoms. The number of aromatic hydroxyl groups is 1. The van der Waals surface area contributed by atoms with Gasteiger partial charge in [-0.1, -0.05) is 6.07 Å². The van der Waals surface area contributed by atoms with E-state index in [1.165, 1.54) is 19.5 Å². The lowest BCUT2D eigenvalue weighted by Crippen LogP contribution is -2.49. The summed E-state index contributed by atoms with van der Waals surface area (Å²) in [6.07, 6.45) is 2.60. The molecule has 1 saturated heterocycles. The maximum Gasteiger partial charge on any atom is 0.409 e. The minimum Gasteiger partial charge on any atom is -0.505 e. The van der Waals surface area contributed by atoms with E-state index < -0.39 is 5.91 Å². The Hall–Kier alpha value is -4.46. The smallest absolute Gasteiger partial charge is 0.409 e. The summed E-state index contributed by atoms with van der Waals surface area (Å²) in [5, 5.41) is 22.5. The topological polar surface area (TPSA) is 145 Å². The van der Waals surface area contributed by atoms with Crippen molar-refractivity contribution in [2.45, 2.75) is 6.54 Å². The van der Waals surface area contributed by atoms with Crippen molar-refractivity contribution < 1.29 is 19.4 Å². The van der Waals surface area contributed by atoms with Crippen LogP contribution >= 0.6 is 0 Å². The van der Waals surface area contributed by atoms with Crippen molar-refractivity contribution in [3.63, 3.8) is 0 Å². The molecule has 1 aliphatic rings. The zero-order chi connectivity index (χ0) is 23.4. The lowest BCUT2D eigenvalue weighted by molar-refractivity contribution is 0.0943. The quantitative estimate of drug-likeness (QED) is 0.606. The van der Waals surface area contributed by atoms with Gasteiger partial charge < -0.3 is 25.0 Å². The van der Waals surface area contributed by atoms with E-state index in [9.17, 15) is 14.7 Å². The number of fused-ring (bicyclic) bond motifs is 1. The fourth-order valence-electron chi connectivity index (χ4n) is 3.53. The molecule has 2 amide bonds. The number of methoxy groups -OCH3 is 1. The number of nitrogens with zero attached hydrogens (tertiary/aromatic N) is 6. The first-order chi connectivity index (χ1) is 16.0. The van der Waals surface area contributed by atoms with E-state index in [1.807, 2.05) is 11.0 Å². The Bertz CT molecular complexity index is 1230. The van der Waals surface area contributed by atoms with Crippen LogP contribution in [0.1, 0.15) is 21.7 Å². The summed E-state index contributed by atoms with van der Waals surface area (Å²) in [5.74, 6) is -0.0991. The molecule has 168 valence electrons. The van der Waals surface area contributed by atoms with E-state index in [2.05, 4.69) is 20.3 Å². The molecule has 3 aromatic heterocycles. The average molecular weight is 447 g/mol. The number of aromatic nitrogens is 3. The summed E-state index contributed by atoms with van der Waals surface area (Å²) >= 11 is 0. The molecule has 0 unspecified atom stereocenters. The monoisotopic (exact) mass is 447 g/mol. The van der Waals surface area contributed by atoms with Crippen LogP contribution in [-0.2, 0) is 11.3 Å². The molecule has 3 aromatic rings. The number of amides is 2. The Labute approximate surface area is 189 Å². The summed E-state index contributed by atoms with van der Waals surface area (Å²) in [5.41, 5.74) is 1.34. The third-order valence-electron chi connectivity index (χ3n) is 5.35. The van der Waals surface area contributed by atoms with Gasteiger partial charge in [0.1, 0.15) is 17.6 Å². The molecule has 11 heteroatoms. The number of piperazine rings is 1. The number of carbonyl (C=O) groups excluding carboxylic acids is 2. The first-order valence-corrected chi connectivity index (χ1v) is 10.2. The standard InChI is InChI=1S/C22H21N7O4/c1-33-22(32)29-8-6-28(7-9-29)18-5-4-16-17(27-18)13-25-19(20(16)30)21(31)26-12-14-2-3-15(10-23)24-11-14/h2-5,11,13,30H,6-9,12H2,1H3,(H,26,31). The lowest BCUT2D eigenvalue weighted by Gasteiger charge is -2.34. The molecule has 11 nitrogen and oxygen atoms in total. The molecule has 4 rings (SSSR count). The molecular formula is C22H21N7O4. The Kier molecular flexibility index (Phi) is 6.17. The van der Waals surface area contributed by atoms with Crippen LogP contribution in [0.5, 0.6) is 5.75 Å². The molecule has 0 radical (unpaired) electrons. The molecule has 4 heterocycles. The lowest BCUT2D eigenvalue weighted by atomic mass is 10.2. The number of nitriles is 1. The van der Waals surface area contributed by atoms with Crippen LogP contribution in [0.4, 0.5) is 10.6 Å². The number of ether oxygens (including phenoxy) is 1. The second kappa shape index (κ2) is 9.35. The first kappa shape index (κ1) is 21.8. The molecule has 0 atom stereocenters. The fourth-order valence-corrected chi connectivity index (χ4v) is 3.53. The van der Waals surface area contributed by atoms with Crippen LogP contribution in [0.2, 0.25) is 0 Å². The zero-order valence-corrected chi connectivity index (χ0v) is 17.9. The second-order valence-electron chi connectivity index (χ2n) is 7.35. The van der Waals surface area contributed by atoms with Crippen molar-refractivity contribution in [2.75, 3.05) is 38.2 Å². The molecular weight excluding hydrogens is 426 g/mol. The average Bonchev–Trinajstić information content (AvgIpc) is 2.87. The molecule has 0 spiro atoms. The maximum atomic E-state index is 12.6. The van der Waals surface area contributed by atoms with Gasteiger partial charge in [0, 0.05) is 44.3 Å². The van der Waals surface area contributed by atoms with E-state index in [4.69, 9.17) is 10.00 Å². The predicted molar refractivity (Wildman–Crippen MR) is 118 cm³/mol. The van der Waals surface area contributed by atoms with Gasteiger partial charge in [0.15, 0.2) is 11.4 Å². The minimum absolute atomic E-state index is 0.106. The predicted octanol–water partition coefficient (Wildman–Crippen LogP) is 1.42. The molecule has 1 aliphatic heterocycles. The molecule has 0 aromatic carbocycles. The number of pyridine rings is 3. The van der Waals surface area contributed by atoms with Gasteiger partial charge in [-0.3, -0.25) is 4.79 Å². The van der Waals surface area contributed by atoms with Gasteiger partial charge >= 0.3 is 6.09 Å². The van der Waals surface area contributed by atoms with Crippen LogP contribution in [-0.4, -0.2) is 70.2 Å². The van der Waals surface area contributed by atoms with Gasteiger partial charge in [0.2, 0.25) is 0 Å². The highest BCUT2D eigenvalue weighted by atomic mass is 16.5. The van der Waals surface area contributed by atoms with Crippen LogP contribution in [0.25, 0.3) is 10.9 Å². The van der Waals surface area contributed by atoms with Gasteiger partial charge in [-0.05, 0) is 23.8 Å². The van der Waals surface area contributed by atoms with Crippen molar-refractivity contribution in [3.05, 3.63) is 53.6 Å². The van der Waals surface area contributed by atoms with Crippen LogP contribution in [0.15, 0.2) is 36.7 Å². The summed E-state index contributed by atoms with van der Waals surface area (Å²) in [6.45, 7) is 2.40. The van der Waals surface area contributed by atoms with Gasteiger partial charge in [-0.25, -0.2) is 19.7 Å². The normalized spacial score (nSPS) is 13.5. The van der Waals surface area contributed by atoms with E-state index in [0.29, 0.717) is 48.5 Å². The van der Waals surface area contributed by atoms with E-state index in [0.717, 1.165) is 0 Å². The van der Waals surface area contributed by atoms with E-state index in [1.54, 1.807) is 29.2 Å². The Balaban J connectivity index is 1.46. The van der Waals surface area contributed by atoms with Gasteiger partial charge in [0.05, 0.1) is 18.8 Å². The maximum absolute atomic E-state index is 12.6. The number of hydrogen-bond donors (Lipinski definition) is 2. The van der Waals surface area contributed by atoms with Gasteiger partial charge in [0.25, 0.3) is 5.91 Å². The largest absolute Gasteiger partial charge is 0.505 e. The Morgan fingerprint density at radius 1 is 1.15 bits per heavy atom. The van der Waals surface area contributed by atoms with Crippen molar-refractivity contribution in [3.8, 4) is 11.8 Å². The number of carbonyl (C=O) groups is 2. The van der Waals surface area contributed by atoms with Gasteiger partial charge in [-0.2, -0.15) is 5.26 Å². The summed E-state index contributed by atoms with van der Waals surface area (Å²) in [6, 6.07) is 8.64. The molecule has 0 saturated carbocycles. The first-order valence-electron chi connectivity index (χ1n) is 10.2. The SMILES string of the molecule is COC(=O)N1CCN(c2ccc3c(O)c(C(=O)NCc4ccc(C#N)nc4)ncc3n2)CC1. The van der Waals surface area contributed by atoms with Crippen molar-refractivity contribution in [1.82, 2.24) is 25.2 Å². The number of hydrogen-bond acceptors (Lipinski definition) is 9. The van der Waals surface area contributed by atoms with E-state index in [-0.39, 0.29) is 29.8 Å². The highest BCUT2D eigenvalue weighted by Crippen LogP contribution is 2.28. The Morgan fingerprint density at radius 3 is 2.61 bits per heavy atom. The zero-order valence-electron chi connectivity index (χ0n) is 17.9. The number of anilines is 1. The summed E-state index contributed by atoms with van der Waals surface area (Å²) in [7, 11) is 1.36. The third kappa shape index (κ3) is 4.59. The third-order valence-corrected chi connectivity index (χ3v) is 5.35. The van der Waals surface area contributed by atoms with Crippen LogP contribution < -0.4 is 10.2 Å². The Morgan fingerprint density at radius 2 is 1.94 bits per heavy atom.